The highest BCUT2D eigenvalue weighted by Crippen LogP contribution is 2.66. The Morgan fingerprint density at radius 1 is 0.833 bits per heavy atom. The highest BCUT2D eigenvalue weighted by atomic mass is 16.6. The van der Waals surface area contributed by atoms with Gasteiger partial charge in [0.05, 0.1) is 29.9 Å². The molecule has 1 spiro atoms. The van der Waals surface area contributed by atoms with Crippen molar-refractivity contribution in [2.24, 2.45) is 5.92 Å². The first-order chi connectivity index (χ1) is 29.2. The van der Waals surface area contributed by atoms with E-state index in [1.54, 1.807) is 33.8 Å². The van der Waals surface area contributed by atoms with E-state index in [1.165, 1.54) is 25.3 Å². The number of nitrogens with zero attached hydrogens (tertiary/aromatic N) is 5. The first-order valence-electron chi connectivity index (χ1n) is 19.3. The van der Waals surface area contributed by atoms with Crippen molar-refractivity contribution in [1.82, 2.24) is 19.9 Å². The molecule has 1 aromatic heterocycles. The number of anilines is 1. The number of esters is 1. The number of cyclic esters (lactones) is 1. The molecule has 14 nitrogen and oxygen atoms in total. The Kier molecular flexibility index (Phi) is 9.83. The Balaban J connectivity index is 1.29. The van der Waals surface area contributed by atoms with Crippen LogP contribution >= 0.6 is 0 Å². The number of methoxy groups -OCH3 is 1. The maximum absolute atomic E-state index is 15.7. The Bertz CT molecular complexity index is 2700. The van der Waals surface area contributed by atoms with Gasteiger partial charge in [0.2, 0.25) is 5.91 Å². The number of carboxylic acid groups (broad SMARTS) is 1. The van der Waals surface area contributed by atoms with Gasteiger partial charge in [0.15, 0.2) is 0 Å². The summed E-state index contributed by atoms with van der Waals surface area (Å²) >= 11 is 0. The number of amides is 2. The monoisotopic (exact) mass is 803 g/mol. The van der Waals surface area contributed by atoms with Crippen molar-refractivity contribution in [3.63, 3.8) is 0 Å². The molecule has 2 saturated heterocycles. The van der Waals surface area contributed by atoms with Crippen molar-refractivity contribution in [3.05, 3.63) is 155 Å². The molecule has 3 aliphatic heterocycles. The number of imide groups is 1. The normalized spacial score (nSPS) is 23.1. The average Bonchev–Trinajstić information content (AvgIpc) is 3.90. The first-order valence-corrected chi connectivity index (χ1v) is 19.3. The number of aromatic hydroxyl groups is 1. The quantitative estimate of drug-likeness (QED) is 0.109. The van der Waals surface area contributed by atoms with Gasteiger partial charge in [0, 0.05) is 12.7 Å². The van der Waals surface area contributed by atoms with Crippen LogP contribution in [0.15, 0.2) is 127 Å². The minimum Gasteiger partial charge on any atom is -0.508 e. The van der Waals surface area contributed by atoms with Crippen LogP contribution in [0.5, 0.6) is 5.75 Å². The predicted octanol–water partition coefficient (Wildman–Crippen LogP) is 5.72. The lowest BCUT2D eigenvalue weighted by atomic mass is 9.65. The molecule has 5 aromatic carbocycles. The minimum absolute atomic E-state index is 0.0383. The third kappa shape index (κ3) is 6.14. The number of phenolic OH excluding ortho intramolecular Hbond substituents is 1. The topological polar surface area (TPSA) is 174 Å². The summed E-state index contributed by atoms with van der Waals surface area (Å²) < 4.78 is 18.6. The minimum atomic E-state index is -2.17. The largest absolute Gasteiger partial charge is 0.508 e. The molecule has 14 heteroatoms. The Labute approximate surface area is 343 Å². The molecule has 4 heterocycles. The number of hydrogen-bond donors (Lipinski definition) is 2. The van der Waals surface area contributed by atoms with Gasteiger partial charge in [-0.15, -0.1) is 5.10 Å². The molecule has 9 rings (SSSR count). The smallest absolute Gasteiger partial charge is 0.421 e. The number of benzene rings is 5. The highest BCUT2D eigenvalue weighted by molar-refractivity contribution is 6.23. The van der Waals surface area contributed by atoms with E-state index in [0.717, 1.165) is 10.4 Å². The second kappa shape index (κ2) is 15.4. The third-order valence-corrected chi connectivity index (χ3v) is 11.5. The Morgan fingerprint density at radius 2 is 1.53 bits per heavy atom. The molecule has 2 N–H and O–H groups in total. The van der Waals surface area contributed by atoms with Gasteiger partial charge in [-0.1, -0.05) is 102 Å². The van der Waals surface area contributed by atoms with E-state index >= 15 is 4.79 Å². The maximum Gasteiger partial charge on any atom is 0.421 e. The summed E-state index contributed by atoms with van der Waals surface area (Å²) in [6.45, 7) is 0.00697. The van der Waals surface area contributed by atoms with Crippen molar-refractivity contribution in [1.29, 1.82) is 0 Å². The summed E-state index contributed by atoms with van der Waals surface area (Å²) in [5, 5.41) is 30.4. The number of carbonyl (C=O) groups is 4. The Morgan fingerprint density at radius 3 is 2.25 bits per heavy atom. The number of hydrogen-bond acceptors (Lipinski definition) is 11. The maximum atomic E-state index is 15.7. The van der Waals surface area contributed by atoms with Gasteiger partial charge >= 0.3 is 18.0 Å². The number of fused-ring (bicyclic) bond motifs is 4. The number of para-hydroxylation sites is 1. The second-order valence-electron chi connectivity index (χ2n) is 14.7. The highest BCUT2D eigenvalue weighted by Gasteiger charge is 2.76. The number of aliphatic carboxylic acids is 1. The number of ether oxygens (including phenoxy) is 3. The molecule has 2 fully saturated rings. The number of aromatic nitrogens is 3. The molecule has 2 amide bonds. The molecule has 6 aromatic rings. The summed E-state index contributed by atoms with van der Waals surface area (Å²) in [6, 6.07) is 33.1. The van der Waals surface area contributed by atoms with E-state index in [0.29, 0.717) is 27.8 Å². The lowest BCUT2D eigenvalue weighted by molar-refractivity contribution is -0.179. The van der Waals surface area contributed by atoms with E-state index in [-0.39, 0.29) is 36.8 Å². The van der Waals surface area contributed by atoms with Gasteiger partial charge in [-0.25, -0.2) is 14.4 Å². The zero-order valence-electron chi connectivity index (χ0n) is 32.1. The summed E-state index contributed by atoms with van der Waals surface area (Å²) in [5.41, 5.74) is 1.71. The van der Waals surface area contributed by atoms with Crippen LogP contribution in [0, 0.1) is 17.8 Å². The van der Waals surface area contributed by atoms with Gasteiger partial charge in [-0.3, -0.25) is 19.3 Å². The van der Waals surface area contributed by atoms with Gasteiger partial charge in [0.25, 0.3) is 0 Å². The Hall–Kier alpha value is -7.34. The molecule has 6 unspecified atom stereocenters. The summed E-state index contributed by atoms with van der Waals surface area (Å²) in [6.07, 6.45) is -1.99. The standard InChI is InChI=1S/C46H37N5O9/c1-58-25-26-59-45(57)50-35-23-18-28(11-10-24-49-36-17-9-8-16-34(36)47-48-49)27-33(35)46(44(50)56)37(42(53)54)39-43(55)60-40(30-14-6-3-7-15-30)38(29-12-4-2-5-13-29)51(39)41(46)31-19-21-32(52)22-20-31/h2-9,12-23,27,37-41,52H,24-26H2,1H3,(H,53,54). The summed E-state index contributed by atoms with van der Waals surface area (Å²) in [5.74, 6) is 1.16. The van der Waals surface area contributed by atoms with Crippen molar-refractivity contribution in [2.45, 2.75) is 36.2 Å². The molecule has 0 bridgehead atoms. The van der Waals surface area contributed by atoms with E-state index in [1.807, 2.05) is 84.9 Å². The molecule has 300 valence electrons. The first kappa shape index (κ1) is 38.2. The van der Waals surface area contributed by atoms with Gasteiger partial charge in [-0.05, 0) is 64.7 Å². The van der Waals surface area contributed by atoms with Gasteiger partial charge in [-0.2, -0.15) is 0 Å². The number of rotatable bonds is 8. The summed E-state index contributed by atoms with van der Waals surface area (Å²) in [7, 11) is 1.44. The van der Waals surface area contributed by atoms with Crippen LogP contribution in [0.2, 0.25) is 0 Å². The molecule has 60 heavy (non-hydrogen) atoms. The van der Waals surface area contributed by atoms with Crippen LogP contribution in [0.3, 0.4) is 0 Å². The number of morpholine rings is 1. The fourth-order valence-corrected chi connectivity index (χ4v) is 9.13. The molecule has 6 atom stereocenters. The SMILES string of the molecule is COCCOC(=O)N1C(=O)C2(c3cc(C#CCn4nnc5ccccc54)ccc31)C(C(=O)O)C1C(=O)OC(c3ccccc3)C(c3ccccc3)N1C2c1ccc(O)cc1. The molecule has 0 aliphatic carbocycles. The van der Waals surface area contributed by atoms with Crippen molar-refractivity contribution < 1.29 is 43.6 Å². The number of carboxylic acids is 1. The van der Waals surface area contributed by atoms with Gasteiger partial charge < -0.3 is 24.4 Å². The summed E-state index contributed by atoms with van der Waals surface area (Å²) in [4.78, 5) is 61.2. The van der Waals surface area contributed by atoms with Crippen LogP contribution in [0.4, 0.5) is 10.5 Å². The van der Waals surface area contributed by atoms with Crippen LogP contribution in [-0.4, -0.2) is 80.4 Å². The average molecular weight is 804 g/mol. The number of phenols is 1. The van der Waals surface area contributed by atoms with E-state index in [4.69, 9.17) is 14.2 Å². The van der Waals surface area contributed by atoms with Crippen LogP contribution in [0.25, 0.3) is 11.0 Å². The van der Waals surface area contributed by atoms with E-state index in [2.05, 4.69) is 22.2 Å². The predicted molar refractivity (Wildman–Crippen MR) is 215 cm³/mol. The van der Waals surface area contributed by atoms with Crippen LogP contribution < -0.4 is 4.90 Å². The fourth-order valence-electron chi connectivity index (χ4n) is 9.13. The second-order valence-corrected chi connectivity index (χ2v) is 14.7. The molecule has 0 radical (unpaired) electrons. The van der Waals surface area contributed by atoms with Crippen molar-refractivity contribution in [2.75, 3.05) is 25.2 Å². The molecule has 0 saturated carbocycles. The van der Waals surface area contributed by atoms with Crippen molar-refractivity contribution >= 4 is 40.7 Å². The zero-order chi connectivity index (χ0) is 41.5. The lowest BCUT2D eigenvalue weighted by Crippen LogP contribution is -2.53. The zero-order valence-corrected chi connectivity index (χ0v) is 32.1. The van der Waals surface area contributed by atoms with E-state index < -0.39 is 59.5 Å². The fraction of sp³-hybridized carbons (Fsp3) is 0.217. The van der Waals surface area contributed by atoms with Crippen molar-refractivity contribution in [3.8, 4) is 17.6 Å². The molecular formula is C46H37N5O9. The lowest BCUT2D eigenvalue weighted by Gasteiger charge is -2.46. The number of carbonyl (C=O) groups excluding carboxylic acids is 3. The molecular weight excluding hydrogens is 767 g/mol. The van der Waals surface area contributed by atoms with Gasteiger partial charge in [0.1, 0.15) is 47.9 Å². The van der Waals surface area contributed by atoms with E-state index in [9.17, 15) is 24.6 Å². The third-order valence-electron chi connectivity index (χ3n) is 11.5. The van der Waals surface area contributed by atoms with Crippen LogP contribution in [-0.2, 0) is 40.6 Å². The molecule has 3 aliphatic rings. The van der Waals surface area contributed by atoms with Crippen LogP contribution in [0.1, 0.15) is 46.0 Å².